The van der Waals surface area contributed by atoms with Crippen LogP contribution in [0.5, 0.6) is 0 Å². The maximum atomic E-state index is 11.8. The van der Waals surface area contributed by atoms with Crippen LogP contribution in [0.15, 0.2) is 24.5 Å². The summed E-state index contributed by atoms with van der Waals surface area (Å²) in [6, 6.07) is 5.93. The summed E-state index contributed by atoms with van der Waals surface area (Å²) >= 11 is 0. The lowest BCUT2D eigenvalue weighted by Crippen LogP contribution is -1.80. The molecule has 0 amide bonds. The van der Waals surface area contributed by atoms with Gasteiger partial charge in [0.2, 0.25) is 0 Å². The number of hydrogen-bond acceptors (Lipinski definition) is 0. The molecule has 11 heavy (non-hydrogen) atoms. The molecule has 0 aliphatic carbocycles. The van der Waals surface area contributed by atoms with Crippen molar-refractivity contribution in [3.8, 4) is 0 Å². The second kappa shape index (κ2) is 3.33. The Bertz CT molecular complexity index is 274. The molecule has 0 aliphatic heterocycles. The standard InChI is InChI=1S/C10H11F/c1-8-3-4-10(5-6-11)9(2)7-8/h3-7H,1-2H3. The fourth-order valence-electron chi connectivity index (χ4n) is 1.08. The molecular formula is C10H11F. The predicted octanol–water partition coefficient (Wildman–Crippen LogP) is 3.24. The van der Waals surface area contributed by atoms with Gasteiger partial charge in [0.15, 0.2) is 0 Å². The summed E-state index contributed by atoms with van der Waals surface area (Å²) in [7, 11) is 0. The van der Waals surface area contributed by atoms with Crippen LogP contribution in [0.25, 0.3) is 6.08 Å². The van der Waals surface area contributed by atoms with E-state index in [4.69, 9.17) is 0 Å². The third-order valence-electron chi connectivity index (χ3n) is 1.67. The fourth-order valence-corrected chi connectivity index (χ4v) is 1.08. The second-order valence-corrected chi connectivity index (χ2v) is 2.65. The van der Waals surface area contributed by atoms with Crippen LogP contribution in [0.3, 0.4) is 0 Å². The monoisotopic (exact) mass is 150 g/mol. The molecule has 0 saturated heterocycles. The highest BCUT2D eigenvalue weighted by Crippen LogP contribution is 2.11. The van der Waals surface area contributed by atoms with Gasteiger partial charge in [-0.15, -0.1) is 0 Å². The van der Waals surface area contributed by atoms with E-state index in [9.17, 15) is 4.39 Å². The highest BCUT2D eigenvalue weighted by Gasteiger charge is 1.92. The van der Waals surface area contributed by atoms with Gasteiger partial charge in [-0.05, 0) is 31.1 Å². The van der Waals surface area contributed by atoms with Gasteiger partial charge in [0.25, 0.3) is 0 Å². The minimum Gasteiger partial charge on any atom is -0.216 e. The zero-order valence-electron chi connectivity index (χ0n) is 6.76. The minimum absolute atomic E-state index is 0.567. The molecule has 0 fully saturated rings. The molecule has 1 rings (SSSR count). The Morgan fingerprint density at radius 1 is 1.27 bits per heavy atom. The molecule has 0 bridgehead atoms. The zero-order chi connectivity index (χ0) is 8.27. The van der Waals surface area contributed by atoms with E-state index >= 15 is 0 Å². The Kier molecular flexibility index (Phi) is 2.42. The largest absolute Gasteiger partial charge is 0.216 e. The molecule has 58 valence electrons. The first-order valence-electron chi connectivity index (χ1n) is 3.58. The average molecular weight is 150 g/mol. The van der Waals surface area contributed by atoms with E-state index in [0.717, 1.165) is 11.1 Å². The molecule has 0 radical (unpaired) electrons. The van der Waals surface area contributed by atoms with Gasteiger partial charge >= 0.3 is 0 Å². The molecule has 1 heteroatoms. The summed E-state index contributed by atoms with van der Waals surface area (Å²) < 4.78 is 11.8. The highest BCUT2D eigenvalue weighted by molar-refractivity contribution is 5.53. The normalized spacial score (nSPS) is 10.8. The van der Waals surface area contributed by atoms with Crippen molar-refractivity contribution in [1.82, 2.24) is 0 Å². The van der Waals surface area contributed by atoms with Crippen molar-refractivity contribution in [2.75, 3.05) is 0 Å². The van der Waals surface area contributed by atoms with Crippen LogP contribution < -0.4 is 0 Å². The van der Waals surface area contributed by atoms with Crippen molar-refractivity contribution in [2.24, 2.45) is 0 Å². The van der Waals surface area contributed by atoms with Gasteiger partial charge in [-0.3, -0.25) is 0 Å². The summed E-state index contributed by atoms with van der Waals surface area (Å²) in [5.41, 5.74) is 3.26. The molecule has 0 aromatic heterocycles. The van der Waals surface area contributed by atoms with Crippen LogP contribution in [0, 0.1) is 13.8 Å². The summed E-state index contributed by atoms with van der Waals surface area (Å²) in [6.45, 7) is 4.00. The molecule has 0 nitrogen and oxygen atoms in total. The summed E-state index contributed by atoms with van der Waals surface area (Å²) in [5.74, 6) is 0. The van der Waals surface area contributed by atoms with Gasteiger partial charge in [0.05, 0.1) is 6.33 Å². The Hall–Kier alpha value is -1.11. The quantitative estimate of drug-likeness (QED) is 0.576. The van der Waals surface area contributed by atoms with E-state index < -0.39 is 0 Å². The van der Waals surface area contributed by atoms with Crippen LogP contribution in [0.2, 0.25) is 0 Å². The van der Waals surface area contributed by atoms with Gasteiger partial charge in [-0.1, -0.05) is 23.8 Å². The first-order valence-corrected chi connectivity index (χ1v) is 3.58. The van der Waals surface area contributed by atoms with Crippen LogP contribution in [-0.4, -0.2) is 0 Å². The topological polar surface area (TPSA) is 0 Å². The first kappa shape index (κ1) is 7.99. The number of aryl methyl sites for hydroxylation is 2. The Balaban J connectivity index is 3.09. The SMILES string of the molecule is Cc1ccc(C=CF)c(C)c1. The van der Waals surface area contributed by atoms with Crippen molar-refractivity contribution in [1.29, 1.82) is 0 Å². The van der Waals surface area contributed by atoms with E-state index in [1.54, 1.807) is 0 Å². The van der Waals surface area contributed by atoms with E-state index in [1.165, 1.54) is 11.6 Å². The van der Waals surface area contributed by atoms with Gasteiger partial charge < -0.3 is 0 Å². The third kappa shape index (κ3) is 1.90. The van der Waals surface area contributed by atoms with Crippen molar-refractivity contribution in [3.05, 3.63) is 41.2 Å². The van der Waals surface area contributed by atoms with Crippen LogP contribution in [-0.2, 0) is 0 Å². The molecule has 0 heterocycles. The molecule has 1 aromatic rings. The molecule has 0 aliphatic rings. The van der Waals surface area contributed by atoms with Crippen molar-refractivity contribution in [2.45, 2.75) is 13.8 Å². The Morgan fingerprint density at radius 3 is 2.55 bits per heavy atom. The van der Waals surface area contributed by atoms with E-state index in [-0.39, 0.29) is 0 Å². The second-order valence-electron chi connectivity index (χ2n) is 2.65. The summed E-state index contributed by atoms with van der Waals surface area (Å²) in [4.78, 5) is 0. The van der Waals surface area contributed by atoms with Crippen molar-refractivity contribution in [3.63, 3.8) is 0 Å². The zero-order valence-corrected chi connectivity index (χ0v) is 6.76. The predicted molar refractivity (Wildman–Crippen MR) is 46.1 cm³/mol. The molecule has 0 unspecified atom stereocenters. The van der Waals surface area contributed by atoms with Gasteiger partial charge in [0.1, 0.15) is 0 Å². The lowest BCUT2D eigenvalue weighted by molar-refractivity contribution is 0.727. The molecule has 0 N–H and O–H groups in total. The highest BCUT2D eigenvalue weighted by atomic mass is 19.1. The summed E-state index contributed by atoms with van der Waals surface area (Å²) in [5, 5.41) is 0. The molecule has 1 aromatic carbocycles. The molecular weight excluding hydrogens is 139 g/mol. The maximum Gasteiger partial charge on any atom is 0.0872 e. The molecule has 0 spiro atoms. The number of rotatable bonds is 1. The van der Waals surface area contributed by atoms with E-state index in [0.29, 0.717) is 6.33 Å². The molecule has 0 saturated carbocycles. The smallest absolute Gasteiger partial charge is 0.0872 e. The maximum absolute atomic E-state index is 11.8. The van der Waals surface area contributed by atoms with Crippen molar-refractivity contribution < 1.29 is 4.39 Å². The van der Waals surface area contributed by atoms with Gasteiger partial charge in [0, 0.05) is 0 Å². The minimum atomic E-state index is 0.567. The number of halogens is 1. The van der Waals surface area contributed by atoms with Crippen molar-refractivity contribution >= 4 is 6.08 Å². The Labute approximate surface area is 66.4 Å². The number of benzene rings is 1. The van der Waals surface area contributed by atoms with Crippen LogP contribution in [0.4, 0.5) is 4.39 Å². The van der Waals surface area contributed by atoms with Gasteiger partial charge in [-0.25, -0.2) is 4.39 Å². The van der Waals surface area contributed by atoms with Crippen LogP contribution >= 0.6 is 0 Å². The summed E-state index contributed by atoms with van der Waals surface area (Å²) in [6.07, 6.45) is 2.03. The Morgan fingerprint density at radius 2 is 2.00 bits per heavy atom. The van der Waals surface area contributed by atoms with E-state index in [1.807, 2.05) is 32.0 Å². The van der Waals surface area contributed by atoms with E-state index in [2.05, 4.69) is 0 Å². The fraction of sp³-hybridized carbons (Fsp3) is 0.200. The average Bonchev–Trinajstić information content (AvgIpc) is 1.95. The first-order chi connectivity index (χ1) is 5.24. The van der Waals surface area contributed by atoms with Gasteiger partial charge in [-0.2, -0.15) is 0 Å². The lowest BCUT2D eigenvalue weighted by atomic mass is 10.1. The lowest BCUT2D eigenvalue weighted by Gasteiger charge is -1.99. The molecule has 0 atom stereocenters. The third-order valence-corrected chi connectivity index (χ3v) is 1.67. The number of hydrogen-bond donors (Lipinski definition) is 0. The van der Waals surface area contributed by atoms with Crippen LogP contribution in [0.1, 0.15) is 16.7 Å².